The second-order valence-corrected chi connectivity index (χ2v) is 8.07. The van der Waals surface area contributed by atoms with Gasteiger partial charge in [-0.3, -0.25) is 4.40 Å². The molecular formula is C19H24N8S. The Morgan fingerprint density at radius 1 is 1.07 bits per heavy atom. The van der Waals surface area contributed by atoms with Gasteiger partial charge in [0, 0.05) is 57.0 Å². The zero-order valence-electron chi connectivity index (χ0n) is 16.2. The molecule has 146 valence electrons. The molecule has 0 atom stereocenters. The maximum atomic E-state index is 4.77. The molecular weight excluding hydrogens is 372 g/mol. The molecule has 0 amide bonds. The highest BCUT2D eigenvalue weighted by molar-refractivity contribution is 7.98. The molecule has 0 spiro atoms. The molecule has 1 saturated heterocycles. The van der Waals surface area contributed by atoms with Gasteiger partial charge < -0.3 is 9.80 Å². The van der Waals surface area contributed by atoms with Crippen molar-refractivity contribution >= 4 is 29.0 Å². The lowest BCUT2D eigenvalue weighted by Gasteiger charge is -2.36. The third kappa shape index (κ3) is 3.17. The van der Waals surface area contributed by atoms with Crippen LogP contribution in [0, 0.1) is 0 Å². The van der Waals surface area contributed by atoms with Crippen molar-refractivity contribution in [3.05, 3.63) is 30.0 Å². The monoisotopic (exact) mass is 396 g/mol. The summed E-state index contributed by atoms with van der Waals surface area (Å²) in [6, 6.07) is 2.19. The second-order valence-electron chi connectivity index (χ2n) is 7.30. The molecule has 8 nitrogen and oxygen atoms in total. The van der Waals surface area contributed by atoms with E-state index in [2.05, 4.69) is 38.0 Å². The van der Waals surface area contributed by atoms with Crippen LogP contribution in [0.15, 0.2) is 23.6 Å². The van der Waals surface area contributed by atoms with E-state index in [1.54, 1.807) is 11.8 Å². The summed E-state index contributed by atoms with van der Waals surface area (Å²) in [6.45, 7) is 5.69. The predicted octanol–water partition coefficient (Wildman–Crippen LogP) is 2.40. The summed E-state index contributed by atoms with van der Waals surface area (Å²) >= 11 is 1.62. The first-order chi connectivity index (χ1) is 13.8. The SMILES string of the molecule is CCc1nnc2c(N3CCN(c4cc(C5CC5)nc(SC)n4)CC3)nccn12. The summed E-state index contributed by atoms with van der Waals surface area (Å²) < 4.78 is 2.05. The Morgan fingerprint density at radius 3 is 2.57 bits per heavy atom. The fourth-order valence-electron chi connectivity index (χ4n) is 3.74. The number of piperazine rings is 1. The Labute approximate surface area is 168 Å². The normalized spacial score (nSPS) is 17.5. The Bertz CT molecular complexity index is 991. The van der Waals surface area contributed by atoms with Gasteiger partial charge in [0.1, 0.15) is 11.6 Å². The van der Waals surface area contributed by atoms with Crippen molar-refractivity contribution in [2.75, 3.05) is 42.2 Å². The first kappa shape index (κ1) is 17.7. The maximum absolute atomic E-state index is 4.77. The molecule has 1 aliphatic heterocycles. The number of aromatic nitrogens is 6. The third-order valence-corrected chi connectivity index (χ3v) is 6.04. The molecule has 3 aromatic heterocycles. The predicted molar refractivity (Wildman–Crippen MR) is 110 cm³/mol. The van der Waals surface area contributed by atoms with Gasteiger partial charge >= 0.3 is 0 Å². The van der Waals surface area contributed by atoms with Crippen molar-refractivity contribution in [3.63, 3.8) is 0 Å². The van der Waals surface area contributed by atoms with Gasteiger partial charge in [-0.1, -0.05) is 18.7 Å². The van der Waals surface area contributed by atoms with Crippen LogP contribution in [0.1, 0.15) is 37.2 Å². The smallest absolute Gasteiger partial charge is 0.203 e. The molecule has 0 N–H and O–H groups in total. The molecule has 0 unspecified atom stereocenters. The van der Waals surface area contributed by atoms with E-state index >= 15 is 0 Å². The molecule has 1 aliphatic carbocycles. The van der Waals surface area contributed by atoms with Crippen LogP contribution >= 0.6 is 11.8 Å². The number of thioether (sulfide) groups is 1. The number of anilines is 2. The summed E-state index contributed by atoms with van der Waals surface area (Å²) in [5.74, 6) is 3.58. The fourth-order valence-corrected chi connectivity index (χ4v) is 4.13. The Balaban J connectivity index is 1.36. The highest BCUT2D eigenvalue weighted by Crippen LogP contribution is 2.40. The minimum Gasteiger partial charge on any atom is -0.353 e. The molecule has 3 aromatic rings. The van der Waals surface area contributed by atoms with Crippen LogP contribution in [0.25, 0.3) is 5.65 Å². The zero-order chi connectivity index (χ0) is 19.1. The molecule has 2 fully saturated rings. The van der Waals surface area contributed by atoms with Gasteiger partial charge in [-0.05, 0) is 19.1 Å². The summed E-state index contributed by atoms with van der Waals surface area (Å²) in [7, 11) is 0. The van der Waals surface area contributed by atoms with E-state index < -0.39 is 0 Å². The van der Waals surface area contributed by atoms with Gasteiger partial charge in [0.2, 0.25) is 5.65 Å². The van der Waals surface area contributed by atoms with Gasteiger partial charge in [0.15, 0.2) is 11.0 Å². The van der Waals surface area contributed by atoms with Crippen molar-refractivity contribution in [2.24, 2.45) is 0 Å². The van der Waals surface area contributed by atoms with Crippen molar-refractivity contribution in [2.45, 2.75) is 37.3 Å². The fraction of sp³-hybridized carbons (Fsp3) is 0.526. The zero-order valence-corrected chi connectivity index (χ0v) is 17.1. The van der Waals surface area contributed by atoms with E-state index in [0.717, 1.165) is 60.9 Å². The van der Waals surface area contributed by atoms with E-state index in [1.165, 1.54) is 18.5 Å². The number of aryl methyl sites for hydroxylation is 1. The van der Waals surface area contributed by atoms with Crippen LogP contribution in [-0.2, 0) is 6.42 Å². The van der Waals surface area contributed by atoms with Gasteiger partial charge in [0.25, 0.3) is 0 Å². The molecule has 1 saturated carbocycles. The lowest BCUT2D eigenvalue weighted by Crippen LogP contribution is -2.47. The largest absolute Gasteiger partial charge is 0.353 e. The number of rotatable bonds is 5. The van der Waals surface area contributed by atoms with Gasteiger partial charge in [-0.25, -0.2) is 15.0 Å². The van der Waals surface area contributed by atoms with Gasteiger partial charge in [0.05, 0.1) is 5.69 Å². The summed E-state index contributed by atoms with van der Waals surface area (Å²) in [4.78, 5) is 18.7. The topological polar surface area (TPSA) is 75.3 Å². The number of nitrogens with zero attached hydrogens (tertiary/aromatic N) is 8. The van der Waals surface area contributed by atoms with Crippen molar-refractivity contribution in [1.29, 1.82) is 0 Å². The van der Waals surface area contributed by atoms with Crippen molar-refractivity contribution < 1.29 is 0 Å². The highest BCUT2D eigenvalue weighted by atomic mass is 32.2. The molecule has 0 bridgehead atoms. The molecule has 9 heteroatoms. The second kappa shape index (κ2) is 7.20. The first-order valence-electron chi connectivity index (χ1n) is 9.88. The standard InChI is InChI=1S/C19H24N8S/c1-3-15-23-24-18-17(20-6-7-27(15)18)26-10-8-25(9-11-26)16-12-14(13-4-5-13)21-19(22-16)28-2/h6-7,12-13H,3-5,8-11H2,1-2H3. The summed E-state index contributed by atoms with van der Waals surface area (Å²) in [5.41, 5.74) is 2.05. The van der Waals surface area contributed by atoms with Crippen molar-refractivity contribution in [1.82, 2.24) is 29.5 Å². The maximum Gasteiger partial charge on any atom is 0.203 e. The summed E-state index contributed by atoms with van der Waals surface area (Å²) in [6.07, 6.45) is 9.19. The highest BCUT2D eigenvalue weighted by Gasteiger charge is 2.28. The lowest BCUT2D eigenvalue weighted by molar-refractivity contribution is 0.636. The Hall–Kier alpha value is -2.42. The Kier molecular flexibility index (Phi) is 4.54. The molecule has 5 rings (SSSR count). The molecule has 28 heavy (non-hydrogen) atoms. The Morgan fingerprint density at radius 2 is 1.86 bits per heavy atom. The van der Waals surface area contributed by atoms with Gasteiger partial charge in [-0.15, -0.1) is 10.2 Å². The van der Waals surface area contributed by atoms with Crippen LogP contribution in [0.2, 0.25) is 0 Å². The van der Waals surface area contributed by atoms with E-state index in [1.807, 2.05) is 23.1 Å². The van der Waals surface area contributed by atoms with Crippen molar-refractivity contribution in [3.8, 4) is 0 Å². The summed E-state index contributed by atoms with van der Waals surface area (Å²) in [5, 5.41) is 9.55. The van der Waals surface area contributed by atoms with E-state index in [-0.39, 0.29) is 0 Å². The average Bonchev–Trinajstić information content (AvgIpc) is 3.52. The quantitative estimate of drug-likeness (QED) is 0.481. The number of hydrogen-bond acceptors (Lipinski definition) is 8. The van der Waals surface area contributed by atoms with Crippen LogP contribution in [-0.4, -0.2) is 62.0 Å². The van der Waals surface area contributed by atoms with Crippen LogP contribution < -0.4 is 9.80 Å². The molecule has 0 radical (unpaired) electrons. The van der Waals surface area contributed by atoms with Gasteiger partial charge in [-0.2, -0.15) is 0 Å². The lowest BCUT2D eigenvalue weighted by atomic mass is 10.2. The van der Waals surface area contributed by atoms with E-state index in [4.69, 9.17) is 9.97 Å². The average molecular weight is 397 g/mol. The number of hydrogen-bond donors (Lipinski definition) is 0. The van der Waals surface area contributed by atoms with Crippen LogP contribution in [0.3, 0.4) is 0 Å². The minimum atomic E-state index is 0.636. The van der Waals surface area contributed by atoms with E-state index in [9.17, 15) is 0 Å². The molecule has 2 aliphatic rings. The molecule has 4 heterocycles. The molecule has 0 aromatic carbocycles. The van der Waals surface area contributed by atoms with E-state index in [0.29, 0.717) is 5.92 Å². The van der Waals surface area contributed by atoms with Crippen LogP contribution in [0.5, 0.6) is 0 Å². The van der Waals surface area contributed by atoms with Crippen LogP contribution in [0.4, 0.5) is 11.6 Å². The minimum absolute atomic E-state index is 0.636. The third-order valence-electron chi connectivity index (χ3n) is 5.49. The first-order valence-corrected chi connectivity index (χ1v) is 11.1. The number of fused-ring (bicyclic) bond motifs is 1.